The molecule has 5 nitrogen and oxygen atoms in total. The lowest BCUT2D eigenvalue weighted by Crippen LogP contribution is -2.43. The number of para-hydroxylation sites is 1. The predicted octanol–water partition coefficient (Wildman–Crippen LogP) is 2.09. The van der Waals surface area contributed by atoms with E-state index in [1.165, 1.54) is 23.7 Å². The first-order valence-corrected chi connectivity index (χ1v) is 8.22. The highest BCUT2D eigenvalue weighted by atomic mass is 16.1. The fourth-order valence-corrected chi connectivity index (χ4v) is 3.52. The smallest absolute Gasteiger partial charge is 0.261 e. The van der Waals surface area contributed by atoms with Gasteiger partial charge in [0.25, 0.3) is 5.56 Å². The van der Waals surface area contributed by atoms with Gasteiger partial charge in [-0.1, -0.05) is 19.1 Å². The summed E-state index contributed by atoms with van der Waals surface area (Å²) < 4.78 is 1.43. The van der Waals surface area contributed by atoms with Gasteiger partial charge >= 0.3 is 0 Å². The number of benzene rings is 1. The van der Waals surface area contributed by atoms with Crippen molar-refractivity contribution < 1.29 is 4.79 Å². The molecule has 2 atom stereocenters. The second-order valence-corrected chi connectivity index (χ2v) is 6.61. The molecule has 1 aliphatic rings. The number of carbonyl (C=O) groups is 1. The van der Waals surface area contributed by atoms with Crippen LogP contribution in [0, 0.1) is 5.92 Å². The number of ketones is 1. The lowest BCUT2D eigenvalue weighted by molar-refractivity contribution is -0.121. The van der Waals surface area contributed by atoms with Crippen LogP contribution in [0.4, 0.5) is 0 Å². The Labute approximate surface area is 135 Å². The van der Waals surface area contributed by atoms with Crippen LogP contribution in [0.5, 0.6) is 0 Å². The molecule has 1 fully saturated rings. The molecular weight excluding hydrogens is 290 g/mol. The third kappa shape index (κ3) is 3.34. The minimum atomic E-state index is -0.144. The summed E-state index contributed by atoms with van der Waals surface area (Å²) >= 11 is 0. The highest BCUT2D eigenvalue weighted by Gasteiger charge is 2.27. The van der Waals surface area contributed by atoms with Crippen LogP contribution in [0.2, 0.25) is 0 Å². The average Bonchev–Trinajstić information content (AvgIpc) is 2.54. The van der Waals surface area contributed by atoms with Crippen molar-refractivity contribution in [3.8, 4) is 0 Å². The number of rotatable bonds is 4. The van der Waals surface area contributed by atoms with E-state index >= 15 is 0 Å². The quantitative estimate of drug-likeness (QED) is 0.867. The maximum Gasteiger partial charge on any atom is 0.261 e. The molecule has 0 bridgehead atoms. The summed E-state index contributed by atoms with van der Waals surface area (Å²) in [5.74, 6) is 0.610. The molecule has 0 N–H and O–H groups in total. The van der Waals surface area contributed by atoms with Gasteiger partial charge in [-0.2, -0.15) is 0 Å². The summed E-state index contributed by atoms with van der Waals surface area (Å²) in [5, 5.41) is 0.561. The van der Waals surface area contributed by atoms with Gasteiger partial charge in [0.15, 0.2) is 5.78 Å². The van der Waals surface area contributed by atoms with E-state index in [0.29, 0.717) is 23.2 Å². The van der Waals surface area contributed by atoms with E-state index in [2.05, 4.69) is 23.9 Å². The normalized spacial score (nSPS) is 22.3. The number of fused-ring (bicyclic) bond motifs is 1. The van der Waals surface area contributed by atoms with Gasteiger partial charge in [-0.25, -0.2) is 4.98 Å². The predicted molar refractivity (Wildman–Crippen MR) is 90.4 cm³/mol. The highest BCUT2D eigenvalue weighted by molar-refractivity contribution is 5.80. The number of carbonyl (C=O) groups excluding carboxylic acids is 1. The molecule has 1 aromatic heterocycles. The maximum atomic E-state index is 12.4. The van der Waals surface area contributed by atoms with Gasteiger partial charge in [0.1, 0.15) is 0 Å². The standard InChI is InChI=1S/C18H23N3O2/c1-13-6-5-9-20(2)17(13)10-14(22)11-21-12-19-16-8-4-3-7-15(16)18(21)23/h3-4,7-8,12-13,17H,5-6,9-11H2,1-2H3. The molecule has 2 unspecified atom stereocenters. The highest BCUT2D eigenvalue weighted by Crippen LogP contribution is 2.24. The van der Waals surface area contributed by atoms with Crippen LogP contribution in [0.3, 0.4) is 0 Å². The van der Waals surface area contributed by atoms with E-state index in [1.807, 2.05) is 18.2 Å². The zero-order chi connectivity index (χ0) is 16.4. The largest absolute Gasteiger partial charge is 0.303 e. The molecule has 2 heterocycles. The number of piperidine rings is 1. The topological polar surface area (TPSA) is 55.2 Å². The van der Waals surface area contributed by atoms with Gasteiger partial charge in [0, 0.05) is 12.5 Å². The number of likely N-dealkylation sites (tertiary alicyclic amines) is 1. The van der Waals surface area contributed by atoms with E-state index in [9.17, 15) is 9.59 Å². The Morgan fingerprint density at radius 2 is 2.13 bits per heavy atom. The molecule has 1 aromatic carbocycles. The molecule has 23 heavy (non-hydrogen) atoms. The van der Waals surface area contributed by atoms with Crippen molar-refractivity contribution in [2.24, 2.45) is 5.92 Å². The minimum Gasteiger partial charge on any atom is -0.303 e. The van der Waals surface area contributed by atoms with E-state index in [-0.39, 0.29) is 23.9 Å². The van der Waals surface area contributed by atoms with Gasteiger partial charge in [-0.05, 0) is 44.5 Å². The average molecular weight is 313 g/mol. The first-order valence-electron chi connectivity index (χ1n) is 8.22. The van der Waals surface area contributed by atoms with E-state index in [4.69, 9.17) is 0 Å². The Morgan fingerprint density at radius 3 is 2.91 bits per heavy atom. The number of nitrogens with zero attached hydrogens (tertiary/aromatic N) is 3. The zero-order valence-corrected chi connectivity index (χ0v) is 13.7. The summed E-state index contributed by atoms with van der Waals surface area (Å²) in [6.07, 6.45) is 4.34. The van der Waals surface area contributed by atoms with Crippen LogP contribution in [0.1, 0.15) is 26.2 Å². The van der Waals surface area contributed by atoms with Crippen molar-refractivity contribution >= 4 is 16.7 Å². The van der Waals surface area contributed by atoms with E-state index in [1.54, 1.807) is 6.07 Å². The second-order valence-electron chi connectivity index (χ2n) is 6.61. The maximum absolute atomic E-state index is 12.4. The van der Waals surface area contributed by atoms with Crippen LogP contribution in [-0.2, 0) is 11.3 Å². The Kier molecular flexibility index (Phi) is 4.57. The van der Waals surface area contributed by atoms with Crippen molar-refractivity contribution in [2.75, 3.05) is 13.6 Å². The summed E-state index contributed by atoms with van der Waals surface area (Å²) in [5.41, 5.74) is 0.524. The fourth-order valence-electron chi connectivity index (χ4n) is 3.52. The molecule has 1 saturated heterocycles. The van der Waals surface area contributed by atoms with Crippen LogP contribution in [0.15, 0.2) is 35.4 Å². The van der Waals surface area contributed by atoms with Gasteiger partial charge in [0.2, 0.25) is 0 Å². The molecule has 0 amide bonds. The molecule has 0 aliphatic carbocycles. The Hall–Kier alpha value is -2.01. The van der Waals surface area contributed by atoms with Crippen LogP contribution >= 0.6 is 0 Å². The van der Waals surface area contributed by atoms with Crippen LogP contribution in [-0.4, -0.2) is 39.9 Å². The molecule has 0 radical (unpaired) electrons. The minimum absolute atomic E-state index is 0.0924. The molecule has 5 heteroatoms. The monoisotopic (exact) mass is 313 g/mol. The Morgan fingerprint density at radius 1 is 1.35 bits per heavy atom. The number of Topliss-reactive ketones (excluding diaryl/α,β-unsaturated/α-hetero) is 1. The SMILES string of the molecule is CC1CCCN(C)C1CC(=O)Cn1cnc2ccccc2c1=O. The number of hydrogen-bond acceptors (Lipinski definition) is 4. The summed E-state index contributed by atoms with van der Waals surface area (Å²) in [6, 6.07) is 7.51. The molecule has 0 spiro atoms. The molecule has 122 valence electrons. The van der Waals surface area contributed by atoms with Gasteiger partial charge in [-0.15, -0.1) is 0 Å². The van der Waals surface area contributed by atoms with Crippen molar-refractivity contribution in [3.05, 3.63) is 40.9 Å². The fraction of sp³-hybridized carbons (Fsp3) is 0.500. The van der Waals surface area contributed by atoms with Crippen LogP contribution < -0.4 is 5.56 Å². The summed E-state index contributed by atoms with van der Waals surface area (Å²) in [6.45, 7) is 3.35. The van der Waals surface area contributed by atoms with Crippen LogP contribution in [0.25, 0.3) is 10.9 Å². The van der Waals surface area contributed by atoms with Gasteiger partial charge < -0.3 is 4.90 Å². The molecule has 0 saturated carbocycles. The first-order chi connectivity index (χ1) is 11.1. The summed E-state index contributed by atoms with van der Waals surface area (Å²) in [4.78, 5) is 31.4. The van der Waals surface area contributed by atoms with Crippen molar-refractivity contribution in [1.82, 2.24) is 14.5 Å². The van der Waals surface area contributed by atoms with Crippen molar-refractivity contribution in [3.63, 3.8) is 0 Å². The van der Waals surface area contributed by atoms with Crippen molar-refractivity contribution in [2.45, 2.75) is 38.8 Å². The third-order valence-corrected chi connectivity index (χ3v) is 4.91. The molecule has 1 aliphatic heterocycles. The summed E-state index contributed by atoms with van der Waals surface area (Å²) in [7, 11) is 2.08. The Bertz CT molecular complexity index is 758. The molecular formula is C18H23N3O2. The van der Waals surface area contributed by atoms with E-state index < -0.39 is 0 Å². The number of hydrogen-bond donors (Lipinski definition) is 0. The Balaban J connectivity index is 1.75. The third-order valence-electron chi connectivity index (χ3n) is 4.91. The molecule has 2 aromatic rings. The van der Waals surface area contributed by atoms with E-state index in [0.717, 1.165) is 6.54 Å². The molecule has 3 rings (SSSR count). The lowest BCUT2D eigenvalue weighted by atomic mass is 9.88. The number of aromatic nitrogens is 2. The van der Waals surface area contributed by atoms with Gasteiger partial charge in [-0.3, -0.25) is 14.2 Å². The van der Waals surface area contributed by atoms with Gasteiger partial charge in [0.05, 0.1) is 23.8 Å². The second kappa shape index (κ2) is 6.62. The zero-order valence-electron chi connectivity index (χ0n) is 13.7. The first kappa shape index (κ1) is 15.9. The lowest BCUT2D eigenvalue weighted by Gasteiger charge is -2.37. The van der Waals surface area contributed by atoms with Crippen molar-refractivity contribution in [1.29, 1.82) is 0 Å².